The quantitative estimate of drug-likeness (QED) is 0.684. The van der Waals surface area contributed by atoms with Crippen molar-refractivity contribution in [1.29, 1.82) is 0 Å². The van der Waals surface area contributed by atoms with Gasteiger partial charge in [-0.2, -0.15) is 4.98 Å². The van der Waals surface area contributed by atoms with Crippen LogP contribution in [0, 0.1) is 6.92 Å². The minimum Gasteiger partial charge on any atom is -0.310 e. The van der Waals surface area contributed by atoms with Gasteiger partial charge >= 0.3 is 5.69 Å². The molecule has 24 heavy (non-hydrogen) atoms. The molecule has 3 aromatic rings. The van der Waals surface area contributed by atoms with Crippen molar-refractivity contribution in [2.45, 2.75) is 33.9 Å². The molecule has 0 radical (unpaired) electrons. The molecule has 0 aliphatic rings. The van der Waals surface area contributed by atoms with Crippen LogP contribution in [0.15, 0.2) is 40.1 Å². The summed E-state index contributed by atoms with van der Waals surface area (Å²) in [6.07, 6.45) is 1.87. The molecule has 0 aromatic carbocycles. The molecule has 7 heteroatoms. The van der Waals surface area contributed by atoms with E-state index in [0.29, 0.717) is 23.5 Å². The molecule has 0 aliphatic heterocycles. The number of aromatic nitrogens is 5. The topological polar surface area (TPSA) is 66.2 Å². The van der Waals surface area contributed by atoms with Crippen LogP contribution in [0.2, 0.25) is 0 Å². The van der Waals surface area contributed by atoms with Crippen LogP contribution < -0.4 is 11.2 Å². The highest BCUT2D eigenvalue weighted by atomic mass is 16.2. The second-order valence-electron chi connectivity index (χ2n) is 6.46. The average Bonchev–Trinajstić information content (AvgIpc) is 2.98. The fourth-order valence-electron chi connectivity index (χ4n) is 2.93. The molecule has 0 amide bonds. The maximum atomic E-state index is 12.9. The van der Waals surface area contributed by atoms with Gasteiger partial charge in [0.2, 0.25) is 5.78 Å². The third-order valence-electron chi connectivity index (χ3n) is 4.00. The molecule has 126 valence electrons. The fourth-order valence-corrected chi connectivity index (χ4v) is 2.93. The average molecular weight is 327 g/mol. The van der Waals surface area contributed by atoms with Crippen LogP contribution in [-0.2, 0) is 20.1 Å². The van der Waals surface area contributed by atoms with Crippen molar-refractivity contribution in [3.8, 4) is 0 Å². The van der Waals surface area contributed by atoms with Crippen LogP contribution in [0.4, 0.5) is 0 Å². The van der Waals surface area contributed by atoms with Gasteiger partial charge in [0.15, 0.2) is 11.2 Å². The van der Waals surface area contributed by atoms with Crippen molar-refractivity contribution in [3.63, 3.8) is 0 Å². The van der Waals surface area contributed by atoms with E-state index in [1.165, 1.54) is 9.13 Å². The minimum atomic E-state index is -0.389. The molecule has 0 saturated heterocycles. The standard InChI is InChI=1S/C17H21N5O2/c1-10(2)7-20-12(5)9-21-13-14(18-16(20)21)19(6)17(24)22(15(13)23)8-11(3)4/h9H,1,3,7-8H2,2,4-6H3. The minimum absolute atomic E-state index is 0.195. The molecule has 3 rings (SSSR count). The van der Waals surface area contributed by atoms with Gasteiger partial charge in [-0.15, -0.1) is 0 Å². The summed E-state index contributed by atoms with van der Waals surface area (Å²) in [5.74, 6) is 0.630. The highest BCUT2D eigenvalue weighted by Gasteiger charge is 2.20. The van der Waals surface area contributed by atoms with Crippen molar-refractivity contribution >= 4 is 16.9 Å². The van der Waals surface area contributed by atoms with E-state index in [0.717, 1.165) is 16.8 Å². The third-order valence-corrected chi connectivity index (χ3v) is 4.00. The number of rotatable bonds is 4. The van der Waals surface area contributed by atoms with Crippen molar-refractivity contribution < 1.29 is 0 Å². The van der Waals surface area contributed by atoms with Gasteiger partial charge in [-0.05, 0) is 20.8 Å². The molecule has 0 unspecified atom stereocenters. The summed E-state index contributed by atoms with van der Waals surface area (Å²) in [5, 5.41) is 0. The zero-order chi connectivity index (χ0) is 17.8. The van der Waals surface area contributed by atoms with Gasteiger partial charge in [0.25, 0.3) is 5.56 Å². The Kier molecular flexibility index (Phi) is 3.59. The Balaban J connectivity index is 2.46. The molecule has 7 nitrogen and oxygen atoms in total. The summed E-state index contributed by atoms with van der Waals surface area (Å²) >= 11 is 0. The predicted molar refractivity (Wildman–Crippen MR) is 94.6 cm³/mol. The second-order valence-corrected chi connectivity index (χ2v) is 6.46. The van der Waals surface area contributed by atoms with Gasteiger partial charge in [-0.3, -0.25) is 18.3 Å². The largest absolute Gasteiger partial charge is 0.332 e. The lowest BCUT2D eigenvalue weighted by Gasteiger charge is -2.07. The first-order chi connectivity index (χ1) is 11.2. The van der Waals surface area contributed by atoms with E-state index >= 15 is 0 Å². The third kappa shape index (κ3) is 2.24. The molecule has 0 N–H and O–H groups in total. The van der Waals surface area contributed by atoms with Crippen LogP contribution in [0.1, 0.15) is 19.5 Å². The van der Waals surface area contributed by atoms with E-state index in [1.807, 2.05) is 24.6 Å². The smallest absolute Gasteiger partial charge is 0.310 e. The summed E-state index contributed by atoms with van der Waals surface area (Å²) in [5.41, 5.74) is 2.74. The Labute approximate surface area is 138 Å². The highest BCUT2D eigenvalue weighted by Crippen LogP contribution is 2.17. The van der Waals surface area contributed by atoms with Crippen molar-refractivity contribution in [2.24, 2.45) is 7.05 Å². The molecule has 0 fully saturated rings. The Morgan fingerprint density at radius 1 is 1.12 bits per heavy atom. The van der Waals surface area contributed by atoms with Crippen LogP contribution in [0.5, 0.6) is 0 Å². The number of allylic oxidation sites excluding steroid dienone is 2. The van der Waals surface area contributed by atoms with Gasteiger partial charge in [0.1, 0.15) is 0 Å². The van der Waals surface area contributed by atoms with E-state index in [-0.39, 0.29) is 17.8 Å². The lowest BCUT2D eigenvalue weighted by atomic mass is 10.3. The molecular formula is C17H21N5O2. The number of fused-ring (bicyclic) bond motifs is 3. The number of imidazole rings is 2. The summed E-state index contributed by atoms with van der Waals surface area (Å²) in [6.45, 7) is 14.2. The van der Waals surface area contributed by atoms with Crippen molar-refractivity contribution in [1.82, 2.24) is 23.1 Å². The number of hydrogen-bond acceptors (Lipinski definition) is 3. The first-order valence-corrected chi connectivity index (χ1v) is 7.69. The predicted octanol–water partition coefficient (Wildman–Crippen LogP) is 1.61. The van der Waals surface area contributed by atoms with E-state index in [1.54, 1.807) is 18.4 Å². The maximum Gasteiger partial charge on any atom is 0.332 e. The van der Waals surface area contributed by atoms with Gasteiger partial charge in [0.05, 0.1) is 6.54 Å². The molecular weight excluding hydrogens is 306 g/mol. The van der Waals surface area contributed by atoms with E-state index < -0.39 is 0 Å². The first kappa shape index (κ1) is 16.0. The SMILES string of the molecule is C=C(C)Cn1c(=O)c2c(nc3n(CC(=C)C)c(C)cn23)n(C)c1=O. The number of nitrogens with zero attached hydrogens (tertiary/aromatic N) is 5. The summed E-state index contributed by atoms with van der Waals surface area (Å²) in [6, 6.07) is 0. The maximum absolute atomic E-state index is 12.9. The molecule has 0 aliphatic carbocycles. The number of hydrogen-bond donors (Lipinski definition) is 0. The fraction of sp³-hybridized carbons (Fsp3) is 0.353. The normalized spacial score (nSPS) is 11.5. The zero-order valence-electron chi connectivity index (χ0n) is 14.5. The van der Waals surface area contributed by atoms with Crippen molar-refractivity contribution in [3.05, 3.63) is 57.0 Å². The molecule has 3 aromatic heterocycles. The summed E-state index contributed by atoms with van der Waals surface area (Å²) in [7, 11) is 1.63. The van der Waals surface area contributed by atoms with Gasteiger partial charge in [0, 0.05) is 25.5 Å². The van der Waals surface area contributed by atoms with Gasteiger partial charge in [-0.25, -0.2) is 4.79 Å². The zero-order valence-corrected chi connectivity index (χ0v) is 14.5. The van der Waals surface area contributed by atoms with E-state index in [4.69, 9.17) is 0 Å². The molecule has 0 spiro atoms. The van der Waals surface area contributed by atoms with Gasteiger partial charge in [-0.1, -0.05) is 24.3 Å². The summed E-state index contributed by atoms with van der Waals surface area (Å²) < 4.78 is 6.34. The first-order valence-electron chi connectivity index (χ1n) is 7.69. The lowest BCUT2D eigenvalue weighted by Crippen LogP contribution is -2.39. The Morgan fingerprint density at radius 3 is 2.29 bits per heavy atom. The number of aryl methyl sites for hydroxylation is 2. The molecule has 0 atom stereocenters. The van der Waals surface area contributed by atoms with Crippen LogP contribution in [-0.4, -0.2) is 23.1 Å². The van der Waals surface area contributed by atoms with Crippen LogP contribution >= 0.6 is 0 Å². The molecule has 0 bridgehead atoms. The van der Waals surface area contributed by atoms with Crippen LogP contribution in [0.25, 0.3) is 16.9 Å². The monoisotopic (exact) mass is 327 g/mol. The Morgan fingerprint density at radius 2 is 1.71 bits per heavy atom. The Hall–Kier alpha value is -2.83. The van der Waals surface area contributed by atoms with Crippen LogP contribution in [0.3, 0.4) is 0 Å². The summed E-state index contributed by atoms with van der Waals surface area (Å²) in [4.78, 5) is 29.9. The molecule has 3 heterocycles. The van der Waals surface area contributed by atoms with E-state index in [9.17, 15) is 9.59 Å². The highest BCUT2D eigenvalue weighted by molar-refractivity contribution is 5.75. The van der Waals surface area contributed by atoms with Crippen molar-refractivity contribution in [2.75, 3.05) is 0 Å². The second kappa shape index (κ2) is 5.36. The Bertz CT molecular complexity index is 1120. The van der Waals surface area contributed by atoms with Gasteiger partial charge < -0.3 is 4.57 Å². The lowest BCUT2D eigenvalue weighted by molar-refractivity contribution is 0.651. The molecule has 0 saturated carbocycles. The van der Waals surface area contributed by atoms with E-state index in [2.05, 4.69) is 18.1 Å².